The smallest absolute Gasteiger partial charge is 0.0805 e. The van der Waals surface area contributed by atoms with Crippen molar-refractivity contribution in [3.05, 3.63) is 36.0 Å². The maximum atomic E-state index is 5.66. The van der Waals surface area contributed by atoms with Crippen LogP contribution in [0.5, 0.6) is 0 Å². The summed E-state index contributed by atoms with van der Waals surface area (Å²) in [6, 6.07) is 8.10. The van der Waals surface area contributed by atoms with E-state index in [-0.39, 0.29) is 0 Å². The van der Waals surface area contributed by atoms with E-state index in [0.717, 1.165) is 10.9 Å². The molecule has 0 radical (unpaired) electrons. The fraction of sp³-hybridized carbons (Fsp3) is 0.200. The van der Waals surface area contributed by atoms with Gasteiger partial charge in [0.05, 0.1) is 6.17 Å². The molecule has 0 spiro atoms. The number of rotatable bonds is 1. The van der Waals surface area contributed by atoms with Crippen molar-refractivity contribution in [2.24, 2.45) is 18.5 Å². The molecule has 0 saturated heterocycles. The zero-order valence-electron chi connectivity index (χ0n) is 7.57. The van der Waals surface area contributed by atoms with Crippen molar-refractivity contribution >= 4 is 10.9 Å². The van der Waals surface area contributed by atoms with E-state index < -0.39 is 6.17 Å². The van der Waals surface area contributed by atoms with Crippen molar-refractivity contribution in [1.29, 1.82) is 0 Å². The molecule has 13 heavy (non-hydrogen) atoms. The van der Waals surface area contributed by atoms with E-state index >= 15 is 0 Å². The van der Waals surface area contributed by atoms with E-state index in [9.17, 15) is 0 Å². The number of nitrogens with zero attached hydrogens (tertiary/aromatic N) is 1. The molecule has 0 atom stereocenters. The standard InChI is InChI=1S/C10H13N3/c1-13-6-8(10(11)12)7-4-2-3-5-9(7)13/h2-6,10H,11-12H2,1H3. The van der Waals surface area contributed by atoms with Crippen molar-refractivity contribution in [3.8, 4) is 0 Å². The number of fused-ring (bicyclic) bond motifs is 1. The summed E-state index contributed by atoms with van der Waals surface area (Å²) < 4.78 is 2.04. The molecule has 0 aliphatic rings. The SMILES string of the molecule is Cn1cc(C(N)N)c2ccccc21. The van der Waals surface area contributed by atoms with E-state index in [1.807, 2.05) is 36.0 Å². The molecule has 0 unspecified atom stereocenters. The van der Waals surface area contributed by atoms with Gasteiger partial charge in [0.15, 0.2) is 0 Å². The first-order valence-corrected chi connectivity index (χ1v) is 4.25. The summed E-state index contributed by atoms with van der Waals surface area (Å²) in [7, 11) is 1.99. The number of aryl methyl sites for hydroxylation is 1. The van der Waals surface area contributed by atoms with Crippen LogP contribution in [-0.4, -0.2) is 4.57 Å². The number of para-hydroxylation sites is 1. The topological polar surface area (TPSA) is 57.0 Å². The lowest BCUT2D eigenvalue weighted by molar-refractivity contribution is 0.773. The molecule has 0 bridgehead atoms. The van der Waals surface area contributed by atoms with Crippen molar-refractivity contribution in [2.75, 3.05) is 0 Å². The highest BCUT2D eigenvalue weighted by molar-refractivity contribution is 5.84. The summed E-state index contributed by atoms with van der Waals surface area (Å²) in [5.74, 6) is 0. The average molecular weight is 175 g/mol. The van der Waals surface area contributed by atoms with Gasteiger partial charge in [-0.3, -0.25) is 0 Å². The van der Waals surface area contributed by atoms with Crippen LogP contribution in [0.1, 0.15) is 11.7 Å². The third-order valence-electron chi connectivity index (χ3n) is 2.29. The third-order valence-corrected chi connectivity index (χ3v) is 2.29. The first kappa shape index (κ1) is 8.29. The summed E-state index contributed by atoms with van der Waals surface area (Å²) in [6.45, 7) is 0. The van der Waals surface area contributed by atoms with Crippen LogP contribution in [0, 0.1) is 0 Å². The number of benzene rings is 1. The van der Waals surface area contributed by atoms with Crippen LogP contribution in [0.25, 0.3) is 10.9 Å². The second-order valence-electron chi connectivity index (χ2n) is 3.24. The van der Waals surface area contributed by atoms with Gasteiger partial charge in [-0.05, 0) is 6.07 Å². The predicted molar refractivity (Wildman–Crippen MR) is 54.0 cm³/mol. The van der Waals surface area contributed by atoms with Crippen molar-refractivity contribution in [3.63, 3.8) is 0 Å². The monoisotopic (exact) mass is 175 g/mol. The Bertz CT molecular complexity index is 429. The minimum absolute atomic E-state index is 0.397. The lowest BCUT2D eigenvalue weighted by Gasteiger charge is -2.01. The van der Waals surface area contributed by atoms with Gasteiger partial charge in [-0.25, -0.2) is 0 Å². The molecule has 1 aromatic heterocycles. The van der Waals surface area contributed by atoms with Crippen molar-refractivity contribution in [2.45, 2.75) is 6.17 Å². The highest BCUT2D eigenvalue weighted by Gasteiger charge is 2.08. The van der Waals surface area contributed by atoms with Crippen LogP contribution in [0.3, 0.4) is 0 Å². The fourth-order valence-corrected chi connectivity index (χ4v) is 1.64. The van der Waals surface area contributed by atoms with Crippen LogP contribution in [-0.2, 0) is 7.05 Å². The Balaban J connectivity index is 2.78. The Morgan fingerprint density at radius 2 is 1.92 bits per heavy atom. The highest BCUT2D eigenvalue weighted by atomic mass is 14.9. The summed E-state index contributed by atoms with van der Waals surface area (Å²) in [5.41, 5.74) is 13.5. The second kappa shape index (κ2) is 2.87. The first-order chi connectivity index (χ1) is 6.20. The second-order valence-corrected chi connectivity index (χ2v) is 3.24. The summed E-state index contributed by atoms with van der Waals surface area (Å²) in [6.07, 6.45) is 1.58. The van der Waals surface area contributed by atoms with E-state index in [1.54, 1.807) is 0 Å². The molecule has 0 saturated carbocycles. The largest absolute Gasteiger partial charge is 0.350 e. The molecular formula is C10H13N3. The van der Waals surface area contributed by atoms with Gasteiger partial charge in [0.1, 0.15) is 0 Å². The molecule has 0 aliphatic heterocycles. The zero-order chi connectivity index (χ0) is 9.42. The van der Waals surface area contributed by atoms with Crippen LogP contribution >= 0.6 is 0 Å². The lowest BCUT2D eigenvalue weighted by Crippen LogP contribution is -2.19. The molecule has 0 amide bonds. The molecular weight excluding hydrogens is 162 g/mol. The van der Waals surface area contributed by atoms with E-state index in [4.69, 9.17) is 11.5 Å². The molecule has 3 nitrogen and oxygen atoms in total. The predicted octanol–water partition coefficient (Wildman–Crippen LogP) is 1.09. The molecule has 0 fully saturated rings. The number of nitrogens with two attached hydrogens (primary N) is 2. The Kier molecular flexibility index (Phi) is 1.83. The van der Waals surface area contributed by atoms with Gasteiger partial charge < -0.3 is 16.0 Å². The van der Waals surface area contributed by atoms with Gasteiger partial charge in [-0.15, -0.1) is 0 Å². The molecule has 4 N–H and O–H groups in total. The molecule has 68 valence electrons. The maximum absolute atomic E-state index is 5.66. The van der Waals surface area contributed by atoms with Gasteiger partial charge in [0, 0.05) is 29.7 Å². The fourth-order valence-electron chi connectivity index (χ4n) is 1.64. The molecule has 1 aromatic carbocycles. The molecule has 0 aliphatic carbocycles. The van der Waals surface area contributed by atoms with Gasteiger partial charge in [0.2, 0.25) is 0 Å². The van der Waals surface area contributed by atoms with E-state index in [2.05, 4.69) is 6.07 Å². The minimum atomic E-state index is -0.397. The van der Waals surface area contributed by atoms with Gasteiger partial charge in [-0.2, -0.15) is 0 Å². The number of hydrogen-bond donors (Lipinski definition) is 2. The Morgan fingerprint density at radius 3 is 2.62 bits per heavy atom. The zero-order valence-corrected chi connectivity index (χ0v) is 7.57. The molecule has 1 heterocycles. The summed E-state index contributed by atoms with van der Waals surface area (Å²) in [5, 5.41) is 1.14. The van der Waals surface area contributed by atoms with Crippen LogP contribution in [0.4, 0.5) is 0 Å². The lowest BCUT2D eigenvalue weighted by atomic mass is 10.1. The van der Waals surface area contributed by atoms with Crippen molar-refractivity contribution in [1.82, 2.24) is 4.57 Å². The third kappa shape index (κ3) is 1.22. The Labute approximate surface area is 76.9 Å². The Morgan fingerprint density at radius 1 is 1.23 bits per heavy atom. The van der Waals surface area contributed by atoms with Crippen LogP contribution < -0.4 is 11.5 Å². The molecule has 2 rings (SSSR count). The van der Waals surface area contributed by atoms with Crippen LogP contribution in [0.2, 0.25) is 0 Å². The van der Waals surface area contributed by atoms with E-state index in [0.29, 0.717) is 0 Å². The Hall–Kier alpha value is -1.32. The van der Waals surface area contributed by atoms with E-state index in [1.165, 1.54) is 5.52 Å². The quantitative estimate of drug-likeness (QED) is 0.637. The van der Waals surface area contributed by atoms with Crippen molar-refractivity contribution < 1.29 is 0 Å². The highest BCUT2D eigenvalue weighted by Crippen LogP contribution is 2.22. The maximum Gasteiger partial charge on any atom is 0.0805 e. The summed E-state index contributed by atoms with van der Waals surface area (Å²) in [4.78, 5) is 0. The normalized spacial score (nSPS) is 11.4. The molecule has 3 heteroatoms. The van der Waals surface area contributed by atoms with Crippen LogP contribution in [0.15, 0.2) is 30.5 Å². The van der Waals surface area contributed by atoms with Gasteiger partial charge >= 0.3 is 0 Å². The summed E-state index contributed by atoms with van der Waals surface area (Å²) >= 11 is 0. The number of aromatic nitrogens is 1. The minimum Gasteiger partial charge on any atom is -0.350 e. The molecule has 2 aromatic rings. The first-order valence-electron chi connectivity index (χ1n) is 4.25. The van der Waals surface area contributed by atoms with Gasteiger partial charge in [0.25, 0.3) is 0 Å². The average Bonchev–Trinajstić information content (AvgIpc) is 2.45. The van der Waals surface area contributed by atoms with Gasteiger partial charge in [-0.1, -0.05) is 18.2 Å². The number of hydrogen-bond acceptors (Lipinski definition) is 2.